The monoisotopic (exact) mass is 263 g/mol. The first-order chi connectivity index (χ1) is 9.11. The lowest BCUT2D eigenvalue weighted by molar-refractivity contribution is -0.131. The first-order valence-electron chi connectivity index (χ1n) is 6.44. The van der Waals surface area contributed by atoms with Crippen LogP contribution < -0.4 is 4.74 Å². The molecule has 1 N–H and O–H groups in total. The van der Waals surface area contributed by atoms with Crippen LogP contribution in [-0.2, 0) is 4.79 Å². The molecule has 1 aromatic carbocycles. The van der Waals surface area contributed by atoms with Crippen molar-refractivity contribution in [3.8, 4) is 5.75 Å². The molecule has 0 aliphatic heterocycles. The predicted octanol–water partition coefficient (Wildman–Crippen LogP) is 2.50. The first-order valence-corrected chi connectivity index (χ1v) is 6.44. The number of hydrogen-bond donors (Lipinski definition) is 1. The minimum atomic E-state index is -0.945. The summed E-state index contributed by atoms with van der Waals surface area (Å²) in [4.78, 5) is 12.6. The van der Waals surface area contributed by atoms with Crippen LogP contribution in [0.4, 0.5) is 0 Å². The smallest absolute Gasteiger partial charge is 0.328 e. The molecule has 0 aliphatic carbocycles. The van der Waals surface area contributed by atoms with E-state index in [-0.39, 0.29) is 0 Å². The zero-order valence-corrected chi connectivity index (χ0v) is 11.5. The maximum Gasteiger partial charge on any atom is 0.328 e. The zero-order valence-electron chi connectivity index (χ0n) is 11.5. The SMILES string of the molecule is CCCN(C)CCOc1ccc(/C=C/C(=O)O)cc1. The fourth-order valence-electron chi connectivity index (χ4n) is 1.66. The van der Waals surface area contributed by atoms with Gasteiger partial charge in [0, 0.05) is 12.6 Å². The number of carboxylic acids is 1. The second kappa shape index (κ2) is 8.32. The van der Waals surface area contributed by atoms with Crippen LogP contribution in [0, 0.1) is 0 Å². The molecule has 0 unspecified atom stereocenters. The van der Waals surface area contributed by atoms with E-state index in [1.54, 1.807) is 6.08 Å². The van der Waals surface area contributed by atoms with E-state index in [9.17, 15) is 4.79 Å². The van der Waals surface area contributed by atoms with E-state index in [0.717, 1.165) is 36.9 Å². The second-order valence-electron chi connectivity index (χ2n) is 4.39. The molecule has 0 aliphatic rings. The number of benzene rings is 1. The van der Waals surface area contributed by atoms with Gasteiger partial charge in [-0.3, -0.25) is 0 Å². The lowest BCUT2D eigenvalue weighted by atomic mass is 10.2. The van der Waals surface area contributed by atoms with Crippen LogP contribution >= 0.6 is 0 Å². The maximum absolute atomic E-state index is 10.4. The number of rotatable bonds is 8. The molecular weight excluding hydrogens is 242 g/mol. The van der Waals surface area contributed by atoms with E-state index < -0.39 is 5.97 Å². The second-order valence-corrected chi connectivity index (χ2v) is 4.39. The van der Waals surface area contributed by atoms with Gasteiger partial charge in [-0.1, -0.05) is 19.1 Å². The van der Waals surface area contributed by atoms with Crippen molar-refractivity contribution in [3.63, 3.8) is 0 Å². The highest BCUT2D eigenvalue weighted by Gasteiger charge is 1.98. The third-order valence-electron chi connectivity index (χ3n) is 2.65. The average molecular weight is 263 g/mol. The van der Waals surface area contributed by atoms with Crippen LogP contribution in [0.5, 0.6) is 5.75 Å². The van der Waals surface area contributed by atoms with Crippen molar-refractivity contribution in [3.05, 3.63) is 35.9 Å². The summed E-state index contributed by atoms with van der Waals surface area (Å²) in [5.74, 6) is -0.142. The molecule has 0 saturated heterocycles. The van der Waals surface area contributed by atoms with Crippen LogP contribution in [-0.4, -0.2) is 42.7 Å². The molecule has 0 heterocycles. The van der Waals surface area contributed by atoms with Crippen LogP contribution in [0.2, 0.25) is 0 Å². The van der Waals surface area contributed by atoms with Crippen molar-refractivity contribution in [2.45, 2.75) is 13.3 Å². The average Bonchev–Trinajstić information content (AvgIpc) is 2.38. The molecule has 0 fully saturated rings. The highest BCUT2D eigenvalue weighted by atomic mass is 16.5. The Morgan fingerprint density at radius 3 is 2.58 bits per heavy atom. The molecule has 19 heavy (non-hydrogen) atoms. The number of likely N-dealkylation sites (N-methyl/N-ethyl adjacent to an activating group) is 1. The Kier molecular flexibility index (Phi) is 6.68. The molecule has 1 rings (SSSR count). The van der Waals surface area contributed by atoms with E-state index in [4.69, 9.17) is 9.84 Å². The van der Waals surface area contributed by atoms with E-state index in [0.29, 0.717) is 6.61 Å². The van der Waals surface area contributed by atoms with E-state index in [1.807, 2.05) is 24.3 Å². The summed E-state index contributed by atoms with van der Waals surface area (Å²) in [6, 6.07) is 7.37. The highest BCUT2D eigenvalue weighted by molar-refractivity contribution is 5.85. The molecule has 0 radical (unpaired) electrons. The normalized spacial score (nSPS) is 11.1. The molecule has 0 aromatic heterocycles. The summed E-state index contributed by atoms with van der Waals surface area (Å²) in [7, 11) is 2.08. The third kappa shape index (κ3) is 6.62. The molecular formula is C15H21NO3. The van der Waals surface area contributed by atoms with Gasteiger partial charge in [0.15, 0.2) is 0 Å². The van der Waals surface area contributed by atoms with Crippen molar-refractivity contribution in [1.82, 2.24) is 4.90 Å². The lowest BCUT2D eigenvalue weighted by Gasteiger charge is -2.15. The summed E-state index contributed by atoms with van der Waals surface area (Å²) < 4.78 is 5.62. The Bertz CT molecular complexity index is 412. The standard InChI is InChI=1S/C15H21NO3/c1-3-10-16(2)11-12-19-14-7-4-13(5-8-14)6-9-15(17)18/h4-9H,3,10-12H2,1-2H3,(H,17,18)/b9-6+. The van der Waals surface area contributed by atoms with Gasteiger partial charge >= 0.3 is 5.97 Å². The fourth-order valence-corrected chi connectivity index (χ4v) is 1.66. The number of aliphatic carboxylic acids is 1. The lowest BCUT2D eigenvalue weighted by Crippen LogP contribution is -2.24. The number of hydrogen-bond acceptors (Lipinski definition) is 3. The topological polar surface area (TPSA) is 49.8 Å². The van der Waals surface area contributed by atoms with Crippen LogP contribution in [0.25, 0.3) is 6.08 Å². The largest absolute Gasteiger partial charge is 0.492 e. The summed E-state index contributed by atoms with van der Waals surface area (Å²) in [5, 5.41) is 8.53. The van der Waals surface area contributed by atoms with E-state index >= 15 is 0 Å². The Hall–Kier alpha value is -1.81. The molecule has 104 valence electrons. The van der Waals surface area contributed by atoms with Gasteiger partial charge in [-0.15, -0.1) is 0 Å². The fraction of sp³-hybridized carbons (Fsp3) is 0.400. The van der Waals surface area contributed by atoms with Crippen molar-refractivity contribution in [2.24, 2.45) is 0 Å². The Balaban J connectivity index is 2.38. The summed E-state index contributed by atoms with van der Waals surface area (Å²) in [6.45, 7) is 4.78. The minimum Gasteiger partial charge on any atom is -0.492 e. The molecule has 4 heteroatoms. The molecule has 0 bridgehead atoms. The number of nitrogens with zero attached hydrogens (tertiary/aromatic N) is 1. The van der Waals surface area contributed by atoms with E-state index in [2.05, 4.69) is 18.9 Å². The minimum absolute atomic E-state index is 0.654. The number of carboxylic acid groups (broad SMARTS) is 1. The van der Waals surface area contributed by atoms with Gasteiger partial charge in [-0.05, 0) is 43.8 Å². The quantitative estimate of drug-likeness (QED) is 0.732. The highest BCUT2D eigenvalue weighted by Crippen LogP contribution is 2.13. The van der Waals surface area contributed by atoms with Gasteiger partial charge < -0.3 is 14.7 Å². The van der Waals surface area contributed by atoms with Crippen LogP contribution in [0.15, 0.2) is 30.3 Å². The van der Waals surface area contributed by atoms with Crippen molar-refractivity contribution in [2.75, 3.05) is 26.7 Å². The van der Waals surface area contributed by atoms with Gasteiger partial charge in [0.1, 0.15) is 12.4 Å². The van der Waals surface area contributed by atoms with Crippen molar-refractivity contribution < 1.29 is 14.6 Å². The molecule has 1 aromatic rings. The molecule has 0 spiro atoms. The first kappa shape index (κ1) is 15.2. The van der Waals surface area contributed by atoms with Gasteiger partial charge in [-0.2, -0.15) is 0 Å². The van der Waals surface area contributed by atoms with Crippen LogP contribution in [0.3, 0.4) is 0 Å². The predicted molar refractivity (Wildman–Crippen MR) is 76.4 cm³/mol. The van der Waals surface area contributed by atoms with Crippen molar-refractivity contribution in [1.29, 1.82) is 0 Å². The summed E-state index contributed by atoms with van der Waals surface area (Å²) in [5.41, 5.74) is 0.845. The zero-order chi connectivity index (χ0) is 14.1. The number of ether oxygens (including phenoxy) is 1. The third-order valence-corrected chi connectivity index (χ3v) is 2.65. The molecule has 0 atom stereocenters. The molecule has 0 saturated carbocycles. The van der Waals surface area contributed by atoms with Gasteiger partial charge in [0.2, 0.25) is 0 Å². The van der Waals surface area contributed by atoms with Gasteiger partial charge in [-0.25, -0.2) is 4.79 Å². The summed E-state index contributed by atoms with van der Waals surface area (Å²) >= 11 is 0. The Labute approximate surface area is 114 Å². The van der Waals surface area contributed by atoms with Crippen LogP contribution in [0.1, 0.15) is 18.9 Å². The molecule has 4 nitrogen and oxygen atoms in total. The Morgan fingerprint density at radius 1 is 1.32 bits per heavy atom. The maximum atomic E-state index is 10.4. The van der Waals surface area contributed by atoms with Gasteiger partial charge in [0.25, 0.3) is 0 Å². The van der Waals surface area contributed by atoms with Gasteiger partial charge in [0.05, 0.1) is 0 Å². The molecule has 0 amide bonds. The summed E-state index contributed by atoms with van der Waals surface area (Å²) in [6.07, 6.45) is 3.82. The van der Waals surface area contributed by atoms with Crippen molar-refractivity contribution >= 4 is 12.0 Å². The number of carbonyl (C=O) groups is 1. The Morgan fingerprint density at radius 2 is 2.00 bits per heavy atom. The van der Waals surface area contributed by atoms with E-state index in [1.165, 1.54) is 0 Å².